The van der Waals surface area contributed by atoms with E-state index in [1.807, 2.05) is 13.8 Å². The van der Waals surface area contributed by atoms with Gasteiger partial charge in [-0.3, -0.25) is 0 Å². The van der Waals surface area contributed by atoms with E-state index in [1.165, 1.54) is 0 Å². The molecule has 1 saturated carbocycles. The molecule has 1 aliphatic carbocycles. The van der Waals surface area contributed by atoms with E-state index in [9.17, 15) is 25.5 Å². The second kappa shape index (κ2) is 4.58. The van der Waals surface area contributed by atoms with Crippen LogP contribution in [-0.2, 0) is 0 Å². The van der Waals surface area contributed by atoms with Crippen LogP contribution >= 0.6 is 0 Å². The van der Waals surface area contributed by atoms with E-state index in [-0.39, 0.29) is 12.5 Å². The lowest BCUT2D eigenvalue weighted by Crippen LogP contribution is -2.65. The van der Waals surface area contributed by atoms with Gasteiger partial charge in [0.05, 0.1) is 18.8 Å². The molecule has 0 aromatic heterocycles. The highest BCUT2D eigenvalue weighted by molar-refractivity contribution is 5.05. The molecule has 0 saturated heterocycles. The number of aliphatic hydroxyl groups is 5. The van der Waals surface area contributed by atoms with E-state index in [4.69, 9.17) is 0 Å². The predicted octanol–water partition coefficient (Wildman–Crippen LogP) is -1.29. The summed E-state index contributed by atoms with van der Waals surface area (Å²) in [6, 6.07) is 0. The molecule has 0 aliphatic heterocycles. The Bertz CT molecular complexity index is 245. The van der Waals surface area contributed by atoms with Crippen LogP contribution in [0.3, 0.4) is 0 Å². The molecule has 5 heteroatoms. The van der Waals surface area contributed by atoms with Crippen molar-refractivity contribution in [2.24, 2.45) is 17.3 Å². The van der Waals surface area contributed by atoms with Crippen LogP contribution in [0.25, 0.3) is 0 Å². The minimum absolute atomic E-state index is 0.0241. The summed E-state index contributed by atoms with van der Waals surface area (Å²) in [6.45, 7) is 4.95. The van der Waals surface area contributed by atoms with E-state index >= 15 is 0 Å². The van der Waals surface area contributed by atoms with Crippen molar-refractivity contribution in [1.82, 2.24) is 0 Å². The Morgan fingerprint density at radius 2 is 1.50 bits per heavy atom. The Morgan fingerprint density at radius 3 is 1.88 bits per heavy atom. The van der Waals surface area contributed by atoms with Gasteiger partial charge in [0.2, 0.25) is 0 Å². The Labute approximate surface area is 95.4 Å². The minimum atomic E-state index is -1.43. The first-order chi connectivity index (χ1) is 7.27. The Hall–Kier alpha value is -0.200. The molecule has 0 amide bonds. The van der Waals surface area contributed by atoms with Gasteiger partial charge in [-0.15, -0.1) is 0 Å². The molecule has 5 nitrogen and oxygen atoms in total. The molecule has 5 N–H and O–H groups in total. The van der Waals surface area contributed by atoms with Gasteiger partial charge in [0.25, 0.3) is 0 Å². The summed E-state index contributed by atoms with van der Waals surface area (Å²) < 4.78 is 0. The molecular weight excluding hydrogens is 212 g/mol. The molecule has 96 valence electrons. The highest BCUT2D eigenvalue weighted by Crippen LogP contribution is 2.44. The molecule has 1 rings (SSSR count). The molecule has 16 heavy (non-hydrogen) atoms. The lowest BCUT2D eigenvalue weighted by Gasteiger charge is -2.52. The highest BCUT2D eigenvalue weighted by Gasteiger charge is 2.56. The normalized spacial score (nSPS) is 49.7. The zero-order valence-corrected chi connectivity index (χ0v) is 9.91. The Morgan fingerprint density at radius 1 is 1.00 bits per heavy atom. The third-order valence-corrected chi connectivity index (χ3v) is 3.89. The van der Waals surface area contributed by atoms with Crippen LogP contribution < -0.4 is 0 Å². The van der Waals surface area contributed by atoms with Crippen LogP contribution in [0, 0.1) is 17.3 Å². The van der Waals surface area contributed by atoms with Crippen molar-refractivity contribution in [2.45, 2.75) is 45.2 Å². The van der Waals surface area contributed by atoms with Gasteiger partial charge in [-0.1, -0.05) is 20.8 Å². The maximum atomic E-state index is 9.93. The fourth-order valence-electron chi connectivity index (χ4n) is 2.93. The average Bonchev–Trinajstić information content (AvgIpc) is 2.23. The van der Waals surface area contributed by atoms with E-state index in [0.29, 0.717) is 0 Å². The monoisotopic (exact) mass is 234 g/mol. The van der Waals surface area contributed by atoms with Crippen LogP contribution in [-0.4, -0.2) is 56.6 Å². The van der Waals surface area contributed by atoms with Crippen molar-refractivity contribution in [1.29, 1.82) is 0 Å². The Balaban J connectivity index is 3.11. The third kappa shape index (κ3) is 1.87. The molecule has 1 fully saturated rings. The Kier molecular flexibility index (Phi) is 3.97. The molecular formula is C11H22O5. The maximum absolute atomic E-state index is 9.93. The summed E-state index contributed by atoms with van der Waals surface area (Å²) >= 11 is 0. The first-order valence-corrected chi connectivity index (χ1v) is 5.60. The van der Waals surface area contributed by atoms with Crippen molar-refractivity contribution < 1.29 is 25.5 Å². The van der Waals surface area contributed by atoms with Crippen LogP contribution in [0.2, 0.25) is 0 Å². The minimum Gasteiger partial charge on any atom is -0.396 e. The van der Waals surface area contributed by atoms with Crippen molar-refractivity contribution in [2.75, 3.05) is 6.61 Å². The van der Waals surface area contributed by atoms with Gasteiger partial charge in [0.1, 0.15) is 12.2 Å². The topological polar surface area (TPSA) is 101 Å². The smallest absolute Gasteiger partial charge is 0.109 e. The number of hydrogen-bond acceptors (Lipinski definition) is 5. The summed E-state index contributed by atoms with van der Waals surface area (Å²) in [6.07, 6.45) is -5.19. The van der Waals surface area contributed by atoms with Crippen LogP contribution in [0.1, 0.15) is 20.8 Å². The second-order valence-corrected chi connectivity index (χ2v) is 5.35. The molecule has 0 bridgehead atoms. The van der Waals surface area contributed by atoms with Crippen molar-refractivity contribution in [3.63, 3.8) is 0 Å². The van der Waals surface area contributed by atoms with Crippen molar-refractivity contribution in [3.8, 4) is 0 Å². The zero-order valence-electron chi connectivity index (χ0n) is 9.91. The summed E-state index contributed by atoms with van der Waals surface area (Å²) in [4.78, 5) is 0. The molecule has 0 aromatic carbocycles. The highest BCUT2D eigenvalue weighted by atomic mass is 16.4. The number of aliphatic hydroxyl groups excluding tert-OH is 5. The van der Waals surface area contributed by atoms with Gasteiger partial charge in [-0.05, 0) is 11.8 Å². The third-order valence-electron chi connectivity index (χ3n) is 3.89. The van der Waals surface area contributed by atoms with Gasteiger partial charge >= 0.3 is 0 Å². The van der Waals surface area contributed by atoms with E-state index in [0.717, 1.165) is 0 Å². The fraction of sp³-hybridized carbons (Fsp3) is 1.00. The number of hydrogen-bond donors (Lipinski definition) is 5. The van der Waals surface area contributed by atoms with Gasteiger partial charge in [0.15, 0.2) is 0 Å². The molecule has 0 radical (unpaired) electrons. The predicted molar refractivity (Wildman–Crippen MR) is 57.5 cm³/mol. The lowest BCUT2D eigenvalue weighted by atomic mass is 9.59. The van der Waals surface area contributed by atoms with Crippen molar-refractivity contribution >= 4 is 0 Å². The maximum Gasteiger partial charge on any atom is 0.109 e. The van der Waals surface area contributed by atoms with Gasteiger partial charge in [0, 0.05) is 5.41 Å². The SMILES string of the molecule is CC(C)[C@@H]1[C@@H](O)[C@H](O)[C@@H](O)[C@@H](O)[C@]1(C)CO. The van der Waals surface area contributed by atoms with Crippen LogP contribution in [0.15, 0.2) is 0 Å². The van der Waals surface area contributed by atoms with E-state index < -0.39 is 35.7 Å². The second-order valence-electron chi connectivity index (χ2n) is 5.35. The molecule has 0 unspecified atom stereocenters. The van der Waals surface area contributed by atoms with E-state index in [1.54, 1.807) is 6.92 Å². The fourth-order valence-corrected chi connectivity index (χ4v) is 2.93. The largest absolute Gasteiger partial charge is 0.396 e. The van der Waals surface area contributed by atoms with Crippen molar-refractivity contribution in [3.05, 3.63) is 0 Å². The van der Waals surface area contributed by atoms with Gasteiger partial charge < -0.3 is 25.5 Å². The molecule has 6 atom stereocenters. The first-order valence-electron chi connectivity index (χ1n) is 5.60. The quantitative estimate of drug-likeness (QED) is 0.409. The average molecular weight is 234 g/mol. The van der Waals surface area contributed by atoms with Gasteiger partial charge in [-0.2, -0.15) is 0 Å². The lowest BCUT2D eigenvalue weighted by molar-refractivity contribution is -0.231. The molecule has 1 aliphatic rings. The molecule has 0 aromatic rings. The molecule has 0 heterocycles. The standard InChI is InChI=1S/C11H22O5/c1-5(2)6-7(13)8(14)9(15)10(16)11(6,3)4-12/h5-10,12-16H,4H2,1-3H3/t6-,7-,8+,9-,10-,11-/m1/s1. The first kappa shape index (κ1) is 13.9. The summed E-state index contributed by atoms with van der Waals surface area (Å²) in [5.74, 6) is -0.491. The van der Waals surface area contributed by atoms with Gasteiger partial charge in [-0.25, -0.2) is 0 Å². The summed E-state index contributed by atoms with van der Waals surface area (Å²) in [7, 11) is 0. The van der Waals surface area contributed by atoms with Crippen LogP contribution in [0.4, 0.5) is 0 Å². The molecule has 0 spiro atoms. The van der Waals surface area contributed by atoms with E-state index in [2.05, 4.69) is 0 Å². The zero-order chi connectivity index (χ0) is 12.7. The summed E-state index contributed by atoms with van der Waals surface area (Å²) in [5.41, 5.74) is -1.01. The number of rotatable bonds is 2. The summed E-state index contributed by atoms with van der Waals surface area (Å²) in [5, 5.41) is 48.5. The van der Waals surface area contributed by atoms with Crippen LogP contribution in [0.5, 0.6) is 0 Å².